The number of hydrogen-bond acceptors (Lipinski definition) is 3. The molecule has 0 spiro atoms. The molecular weight excluding hydrogens is 250 g/mol. The Morgan fingerprint density at radius 3 is 2.90 bits per heavy atom. The maximum Gasteiger partial charge on any atom is 0.0991 e. The highest BCUT2D eigenvalue weighted by molar-refractivity contribution is 5.52. The van der Waals surface area contributed by atoms with Gasteiger partial charge in [0.15, 0.2) is 0 Å². The van der Waals surface area contributed by atoms with Crippen LogP contribution in [0.5, 0.6) is 0 Å². The van der Waals surface area contributed by atoms with E-state index in [0.717, 1.165) is 11.4 Å². The summed E-state index contributed by atoms with van der Waals surface area (Å²) in [5.74, 6) is 0. The second-order valence-electron chi connectivity index (χ2n) is 4.83. The van der Waals surface area contributed by atoms with Crippen LogP contribution >= 0.6 is 0 Å². The second kappa shape index (κ2) is 5.21. The van der Waals surface area contributed by atoms with Crippen molar-refractivity contribution in [3.05, 3.63) is 60.9 Å². The predicted molar refractivity (Wildman–Crippen MR) is 78.8 cm³/mol. The Hall–Kier alpha value is -2.56. The monoisotopic (exact) mass is 267 g/mol. The van der Waals surface area contributed by atoms with E-state index >= 15 is 0 Å². The molecule has 102 valence electrons. The standard InChI is InChI=1S/C15H17N5/c1-12(13-9-17-19(2)10-13)18-14-4-3-5-15(8-14)20-7-6-16-11-20/h3-12,18H,1-2H3. The zero-order chi connectivity index (χ0) is 13.9. The summed E-state index contributed by atoms with van der Waals surface area (Å²) in [4.78, 5) is 4.07. The number of anilines is 1. The molecule has 20 heavy (non-hydrogen) atoms. The SMILES string of the molecule is CC(Nc1cccc(-n2ccnc2)c1)c1cnn(C)c1. The average Bonchev–Trinajstić information content (AvgIpc) is 3.10. The first-order valence-corrected chi connectivity index (χ1v) is 6.56. The van der Waals surface area contributed by atoms with Crippen LogP contribution in [0.1, 0.15) is 18.5 Å². The van der Waals surface area contributed by atoms with E-state index in [2.05, 4.69) is 40.5 Å². The van der Waals surface area contributed by atoms with E-state index in [1.807, 2.05) is 41.0 Å². The van der Waals surface area contributed by atoms with Crippen LogP contribution in [0, 0.1) is 0 Å². The van der Waals surface area contributed by atoms with Crippen LogP contribution in [0.2, 0.25) is 0 Å². The third-order valence-electron chi connectivity index (χ3n) is 3.26. The van der Waals surface area contributed by atoms with Gasteiger partial charge in [-0.3, -0.25) is 4.68 Å². The summed E-state index contributed by atoms with van der Waals surface area (Å²) in [5.41, 5.74) is 3.33. The van der Waals surface area contributed by atoms with E-state index in [4.69, 9.17) is 0 Å². The molecule has 5 heteroatoms. The number of hydrogen-bond donors (Lipinski definition) is 1. The fourth-order valence-electron chi connectivity index (χ4n) is 2.17. The van der Waals surface area contributed by atoms with Crippen molar-refractivity contribution in [3.8, 4) is 5.69 Å². The Bertz CT molecular complexity index is 684. The van der Waals surface area contributed by atoms with Gasteiger partial charge in [0.1, 0.15) is 0 Å². The molecule has 2 aromatic heterocycles. The molecule has 0 bridgehead atoms. The smallest absolute Gasteiger partial charge is 0.0991 e. The molecule has 1 N–H and O–H groups in total. The lowest BCUT2D eigenvalue weighted by Gasteiger charge is -2.14. The van der Waals surface area contributed by atoms with E-state index in [0.29, 0.717) is 0 Å². The second-order valence-corrected chi connectivity index (χ2v) is 4.83. The van der Waals surface area contributed by atoms with Crippen molar-refractivity contribution in [2.24, 2.45) is 7.05 Å². The van der Waals surface area contributed by atoms with Crippen molar-refractivity contribution < 1.29 is 0 Å². The zero-order valence-electron chi connectivity index (χ0n) is 11.6. The van der Waals surface area contributed by atoms with Gasteiger partial charge in [-0.05, 0) is 25.1 Å². The Kier molecular flexibility index (Phi) is 3.25. The Morgan fingerprint density at radius 1 is 1.30 bits per heavy atom. The largest absolute Gasteiger partial charge is 0.378 e. The molecule has 3 rings (SSSR count). The van der Waals surface area contributed by atoms with Crippen molar-refractivity contribution in [1.82, 2.24) is 19.3 Å². The molecule has 0 aliphatic heterocycles. The Labute approximate surface area is 117 Å². The summed E-state index contributed by atoms with van der Waals surface area (Å²) in [7, 11) is 1.93. The summed E-state index contributed by atoms with van der Waals surface area (Å²) in [5, 5.41) is 7.69. The van der Waals surface area contributed by atoms with Crippen LogP contribution in [-0.2, 0) is 7.05 Å². The van der Waals surface area contributed by atoms with Crippen molar-refractivity contribution >= 4 is 5.69 Å². The molecule has 3 aromatic rings. The first-order chi connectivity index (χ1) is 9.72. The minimum absolute atomic E-state index is 0.210. The summed E-state index contributed by atoms with van der Waals surface area (Å²) in [6.45, 7) is 2.13. The summed E-state index contributed by atoms with van der Waals surface area (Å²) in [6.07, 6.45) is 9.42. The number of imidazole rings is 1. The molecule has 1 unspecified atom stereocenters. The van der Waals surface area contributed by atoms with Crippen molar-refractivity contribution in [3.63, 3.8) is 0 Å². The van der Waals surface area contributed by atoms with Gasteiger partial charge in [-0.15, -0.1) is 0 Å². The van der Waals surface area contributed by atoms with Gasteiger partial charge in [0.2, 0.25) is 0 Å². The third kappa shape index (κ3) is 2.56. The number of benzene rings is 1. The van der Waals surface area contributed by atoms with Crippen molar-refractivity contribution in [2.75, 3.05) is 5.32 Å². The van der Waals surface area contributed by atoms with E-state index in [9.17, 15) is 0 Å². The van der Waals surface area contributed by atoms with Gasteiger partial charge in [-0.25, -0.2) is 4.98 Å². The number of nitrogens with one attached hydrogen (secondary N) is 1. The molecule has 0 aliphatic carbocycles. The van der Waals surface area contributed by atoms with Crippen LogP contribution in [0.15, 0.2) is 55.4 Å². The molecule has 0 fully saturated rings. The highest BCUT2D eigenvalue weighted by Gasteiger charge is 2.07. The van der Waals surface area contributed by atoms with Gasteiger partial charge in [-0.2, -0.15) is 5.10 Å². The van der Waals surface area contributed by atoms with Gasteiger partial charge in [0.25, 0.3) is 0 Å². The number of nitrogens with zero attached hydrogens (tertiary/aromatic N) is 4. The van der Waals surface area contributed by atoms with Gasteiger partial charge in [0, 0.05) is 42.6 Å². The predicted octanol–water partition coefficient (Wildman–Crippen LogP) is 2.78. The van der Waals surface area contributed by atoms with Crippen molar-refractivity contribution in [2.45, 2.75) is 13.0 Å². The zero-order valence-corrected chi connectivity index (χ0v) is 11.6. The molecular formula is C15H17N5. The molecule has 0 aliphatic rings. The van der Waals surface area contributed by atoms with Gasteiger partial charge < -0.3 is 9.88 Å². The van der Waals surface area contributed by atoms with Gasteiger partial charge in [0.05, 0.1) is 18.6 Å². The van der Waals surface area contributed by atoms with E-state index in [1.54, 1.807) is 12.5 Å². The lowest BCUT2D eigenvalue weighted by molar-refractivity contribution is 0.765. The highest BCUT2D eigenvalue weighted by atomic mass is 15.2. The minimum Gasteiger partial charge on any atom is -0.378 e. The number of aryl methyl sites for hydroxylation is 1. The topological polar surface area (TPSA) is 47.7 Å². The number of rotatable bonds is 4. The summed E-state index contributed by atoms with van der Waals surface area (Å²) < 4.78 is 3.80. The fourth-order valence-corrected chi connectivity index (χ4v) is 2.17. The molecule has 1 aromatic carbocycles. The third-order valence-corrected chi connectivity index (χ3v) is 3.26. The highest BCUT2D eigenvalue weighted by Crippen LogP contribution is 2.20. The maximum absolute atomic E-state index is 4.20. The summed E-state index contributed by atoms with van der Waals surface area (Å²) in [6, 6.07) is 8.47. The molecule has 0 saturated carbocycles. The van der Waals surface area contributed by atoms with E-state index < -0.39 is 0 Å². The molecule has 0 radical (unpaired) electrons. The van der Waals surface area contributed by atoms with Crippen molar-refractivity contribution in [1.29, 1.82) is 0 Å². The quantitative estimate of drug-likeness (QED) is 0.790. The van der Waals surface area contributed by atoms with Crippen LogP contribution in [0.4, 0.5) is 5.69 Å². The maximum atomic E-state index is 4.20. The Balaban J connectivity index is 1.79. The number of aromatic nitrogens is 4. The van der Waals surface area contributed by atoms with E-state index in [-0.39, 0.29) is 6.04 Å². The van der Waals surface area contributed by atoms with E-state index in [1.165, 1.54) is 5.56 Å². The van der Waals surface area contributed by atoms with Crippen LogP contribution in [0.3, 0.4) is 0 Å². The molecule has 2 heterocycles. The molecule has 0 saturated heterocycles. The summed E-state index contributed by atoms with van der Waals surface area (Å²) >= 11 is 0. The first-order valence-electron chi connectivity index (χ1n) is 6.56. The molecule has 0 amide bonds. The molecule has 1 atom stereocenters. The van der Waals surface area contributed by atoms with Gasteiger partial charge in [-0.1, -0.05) is 6.07 Å². The fraction of sp³-hybridized carbons (Fsp3) is 0.200. The van der Waals surface area contributed by atoms with Gasteiger partial charge >= 0.3 is 0 Å². The van der Waals surface area contributed by atoms with Crippen LogP contribution in [0.25, 0.3) is 5.69 Å². The lowest BCUT2D eigenvalue weighted by Crippen LogP contribution is -2.06. The normalized spacial score (nSPS) is 12.3. The average molecular weight is 267 g/mol. The van der Waals surface area contributed by atoms with Crippen LogP contribution in [-0.4, -0.2) is 19.3 Å². The minimum atomic E-state index is 0.210. The Morgan fingerprint density at radius 2 is 2.20 bits per heavy atom. The molecule has 5 nitrogen and oxygen atoms in total. The van der Waals surface area contributed by atoms with Crippen LogP contribution < -0.4 is 5.32 Å². The lowest BCUT2D eigenvalue weighted by atomic mass is 10.1. The first kappa shape index (κ1) is 12.5.